The van der Waals surface area contributed by atoms with Crippen molar-refractivity contribution in [1.82, 2.24) is 10.2 Å². The van der Waals surface area contributed by atoms with Gasteiger partial charge in [-0.25, -0.2) is 4.79 Å². The molecule has 1 heterocycles. The van der Waals surface area contributed by atoms with E-state index in [1.54, 1.807) is 6.07 Å². The van der Waals surface area contributed by atoms with Crippen LogP contribution in [0.1, 0.15) is 44.6 Å². The molecule has 148 valence electrons. The van der Waals surface area contributed by atoms with Crippen LogP contribution in [0.25, 0.3) is 0 Å². The van der Waals surface area contributed by atoms with Crippen molar-refractivity contribution in [3.63, 3.8) is 0 Å². The van der Waals surface area contributed by atoms with Crippen LogP contribution < -0.4 is 14.8 Å². The second kappa shape index (κ2) is 7.70. The highest BCUT2D eigenvalue weighted by atomic mass is 19.3. The Balaban J connectivity index is 1.74. The summed E-state index contributed by atoms with van der Waals surface area (Å²) in [6.07, 6.45) is 4.22. The predicted molar refractivity (Wildman–Crippen MR) is 93.7 cm³/mol. The second-order valence-electron chi connectivity index (χ2n) is 7.12. The molecule has 1 aliphatic carbocycles. The SMILES string of the molecule is CCC1CCC2(CC1)NC(=O)N(Cc1ccc(OC(F)F)c(OC)c1)C2=O. The number of hydrogen-bond donors (Lipinski definition) is 1. The number of benzene rings is 1. The summed E-state index contributed by atoms with van der Waals surface area (Å²) in [5, 5.41) is 2.88. The maximum absolute atomic E-state index is 12.9. The van der Waals surface area contributed by atoms with Gasteiger partial charge in [-0.05, 0) is 49.3 Å². The third-order valence-corrected chi connectivity index (χ3v) is 5.57. The van der Waals surface area contributed by atoms with Crippen LogP contribution >= 0.6 is 0 Å². The summed E-state index contributed by atoms with van der Waals surface area (Å²) in [5.41, 5.74) is -0.206. The molecule has 0 aromatic heterocycles. The van der Waals surface area contributed by atoms with Crippen LogP contribution in [0.4, 0.5) is 13.6 Å². The van der Waals surface area contributed by atoms with Gasteiger partial charge in [-0.2, -0.15) is 8.78 Å². The van der Waals surface area contributed by atoms with Crippen LogP contribution in [0.2, 0.25) is 0 Å². The molecule has 27 heavy (non-hydrogen) atoms. The molecule has 1 aromatic carbocycles. The minimum absolute atomic E-state index is 0.0505. The van der Waals surface area contributed by atoms with Crippen LogP contribution in [0.5, 0.6) is 11.5 Å². The van der Waals surface area contributed by atoms with Gasteiger partial charge >= 0.3 is 12.6 Å². The van der Waals surface area contributed by atoms with E-state index in [0.717, 1.165) is 19.3 Å². The molecule has 0 unspecified atom stereocenters. The largest absolute Gasteiger partial charge is 0.493 e. The molecule has 1 N–H and O–H groups in total. The summed E-state index contributed by atoms with van der Waals surface area (Å²) in [6, 6.07) is 3.97. The zero-order valence-electron chi connectivity index (χ0n) is 15.5. The van der Waals surface area contributed by atoms with Crippen LogP contribution in [-0.4, -0.2) is 36.1 Å². The predicted octanol–water partition coefficient (Wildman–Crippen LogP) is 3.69. The van der Waals surface area contributed by atoms with Crippen molar-refractivity contribution >= 4 is 11.9 Å². The number of halogens is 2. The third-order valence-electron chi connectivity index (χ3n) is 5.57. The number of hydrogen-bond acceptors (Lipinski definition) is 4. The Morgan fingerprint density at radius 1 is 1.26 bits per heavy atom. The van der Waals surface area contributed by atoms with E-state index in [4.69, 9.17) is 4.74 Å². The maximum atomic E-state index is 12.9. The molecule has 0 atom stereocenters. The van der Waals surface area contributed by atoms with Gasteiger partial charge in [0.25, 0.3) is 5.91 Å². The highest BCUT2D eigenvalue weighted by Gasteiger charge is 2.52. The van der Waals surface area contributed by atoms with Gasteiger partial charge in [-0.1, -0.05) is 19.4 Å². The fourth-order valence-corrected chi connectivity index (χ4v) is 3.92. The molecule has 0 radical (unpaired) electrons. The van der Waals surface area contributed by atoms with Gasteiger partial charge in [0.15, 0.2) is 11.5 Å². The van der Waals surface area contributed by atoms with Crippen molar-refractivity contribution < 1.29 is 27.8 Å². The molecular weight excluding hydrogens is 358 g/mol. The number of carbonyl (C=O) groups is 2. The van der Waals surface area contributed by atoms with Crippen molar-refractivity contribution in [3.05, 3.63) is 23.8 Å². The van der Waals surface area contributed by atoms with Gasteiger partial charge in [0.1, 0.15) is 5.54 Å². The Labute approximate surface area is 156 Å². The summed E-state index contributed by atoms with van der Waals surface area (Å²) in [6.45, 7) is -0.776. The highest BCUT2D eigenvalue weighted by Crippen LogP contribution is 2.38. The topological polar surface area (TPSA) is 67.9 Å². The Kier molecular flexibility index (Phi) is 5.53. The Bertz CT molecular complexity index is 718. The lowest BCUT2D eigenvalue weighted by Gasteiger charge is -2.34. The standard InChI is InChI=1S/C19H24F2N2O4/c1-3-12-6-8-19(9-7-12)16(24)23(18(25)22-19)11-13-4-5-14(27-17(20)21)15(10-13)26-2/h4-5,10,12,17H,3,6-9,11H2,1-2H3,(H,22,25). The minimum atomic E-state index is -2.96. The molecule has 6 nitrogen and oxygen atoms in total. The van der Waals surface area contributed by atoms with Gasteiger partial charge in [0.05, 0.1) is 13.7 Å². The van der Waals surface area contributed by atoms with Crippen molar-refractivity contribution in [3.8, 4) is 11.5 Å². The molecule has 2 fully saturated rings. The Hall–Kier alpha value is -2.38. The lowest BCUT2D eigenvalue weighted by molar-refractivity contribution is -0.133. The molecule has 1 aliphatic heterocycles. The smallest absolute Gasteiger partial charge is 0.387 e. The fourth-order valence-electron chi connectivity index (χ4n) is 3.92. The number of alkyl halides is 2. The number of methoxy groups -OCH3 is 1. The third kappa shape index (κ3) is 3.84. The molecule has 8 heteroatoms. The molecule has 1 saturated heterocycles. The molecule has 1 spiro atoms. The summed E-state index contributed by atoms with van der Waals surface area (Å²) < 4.78 is 34.4. The first-order valence-electron chi connectivity index (χ1n) is 9.14. The van der Waals surface area contributed by atoms with E-state index in [1.165, 1.54) is 24.1 Å². The Morgan fingerprint density at radius 2 is 1.96 bits per heavy atom. The van der Waals surface area contributed by atoms with Crippen molar-refractivity contribution in [2.45, 2.75) is 57.7 Å². The van der Waals surface area contributed by atoms with Crippen LogP contribution in [-0.2, 0) is 11.3 Å². The van der Waals surface area contributed by atoms with Crippen molar-refractivity contribution in [2.75, 3.05) is 7.11 Å². The second-order valence-corrected chi connectivity index (χ2v) is 7.12. The number of nitrogens with zero attached hydrogens (tertiary/aromatic N) is 1. The average Bonchev–Trinajstić information content (AvgIpc) is 2.87. The first-order valence-corrected chi connectivity index (χ1v) is 9.14. The number of ether oxygens (including phenoxy) is 2. The lowest BCUT2D eigenvalue weighted by Crippen LogP contribution is -2.49. The van der Waals surface area contributed by atoms with Gasteiger partial charge in [0, 0.05) is 0 Å². The number of rotatable bonds is 6. The van der Waals surface area contributed by atoms with E-state index >= 15 is 0 Å². The van der Waals surface area contributed by atoms with Crippen LogP contribution in [0.3, 0.4) is 0 Å². The van der Waals surface area contributed by atoms with Crippen LogP contribution in [0.15, 0.2) is 18.2 Å². The maximum Gasteiger partial charge on any atom is 0.387 e. The zero-order valence-corrected chi connectivity index (χ0v) is 15.5. The molecule has 0 bridgehead atoms. The normalized spacial score (nSPS) is 25.2. The molecule has 1 aromatic rings. The van der Waals surface area contributed by atoms with Gasteiger partial charge in [-0.3, -0.25) is 9.69 Å². The quantitative estimate of drug-likeness (QED) is 0.762. The van der Waals surface area contributed by atoms with Gasteiger partial charge < -0.3 is 14.8 Å². The van der Waals surface area contributed by atoms with Gasteiger partial charge in [0.2, 0.25) is 0 Å². The monoisotopic (exact) mass is 382 g/mol. The molecular formula is C19H24F2N2O4. The Morgan fingerprint density at radius 3 is 2.56 bits per heavy atom. The van der Waals surface area contributed by atoms with E-state index in [9.17, 15) is 18.4 Å². The van der Waals surface area contributed by atoms with Crippen molar-refractivity contribution in [2.24, 2.45) is 5.92 Å². The van der Waals surface area contributed by atoms with E-state index in [0.29, 0.717) is 24.3 Å². The van der Waals surface area contributed by atoms with E-state index in [2.05, 4.69) is 17.0 Å². The number of carbonyl (C=O) groups excluding carboxylic acids is 2. The molecule has 3 rings (SSSR count). The highest BCUT2D eigenvalue weighted by molar-refractivity contribution is 6.07. The first kappa shape index (κ1) is 19.4. The number of nitrogens with one attached hydrogen (secondary N) is 1. The average molecular weight is 382 g/mol. The summed E-state index contributed by atoms with van der Waals surface area (Å²) >= 11 is 0. The van der Waals surface area contributed by atoms with E-state index < -0.39 is 18.2 Å². The number of imide groups is 1. The minimum Gasteiger partial charge on any atom is -0.493 e. The fraction of sp³-hybridized carbons (Fsp3) is 0.579. The molecule has 3 amide bonds. The van der Waals surface area contributed by atoms with E-state index in [-0.39, 0.29) is 24.0 Å². The van der Waals surface area contributed by atoms with Crippen molar-refractivity contribution in [1.29, 1.82) is 0 Å². The molecule has 1 saturated carbocycles. The zero-order chi connectivity index (χ0) is 19.6. The lowest BCUT2D eigenvalue weighted by atomic mass is 9.75. The van der Waals surface area contributed by atoms with Gasteiger partial charge in [-0.15, -0.1) is 0 Å². The van der Waals surface area contributed by atoms with Crippen LogP contribution in [0, 0.1) is 5.92 Å². The number of amides is 3. The first-order chi connectivity index (χ1) is 12.9. The number of urea groups is 1. The summed E-state index contributed by atoms with van der Waals surface area (Å²) in [5.74, 6) is 0.413. The summed E-state index contributed by atoms with van der Waals surface area (Å²) in [4.78, 5) is 26.6. The summed E-state index contributed by atoms with van der Waals surface area (Å²) in [7, 11) is 1.34. The van der Waals surface area contributed by atoms with E-state index in [1.807, 2.05) is 0 Å². The molecule has 2 aliphatic rings.